The van der Waals surface area contributed by atoms with Crippen LogP contribution >= 0.6 is 0 Å². The Hall–Kier alpha value is -1.25. The predicted molar refractivity (Wildman–Crippen MR) is 137 cm³/mol. The molecule has 1 atom stereocenters. The Kier molecular flexibility index (Phi) is 17.3. The molecule has 0 radical (unpaired) electrons. The van der Waals surface area contributed by atoms with Crippen molar-refractivity contribution >= 4 is 0 Å². The second-order valence-electron chi connectivity index (χ2n) is 9.88. The molecule has 0 spiro atoms. The SMILES string of the molecule is CCCCCCCCC(CCCCCCCCCCc1c(F)c(F)c(F)c(F)c1F)C(OC)(OC)OC. The number of rotatable bonds is 22. The fraction of sp³-hybridized carbons (Fsp3) is 0.793. The summed E-state index contributed by atoms with van der Waals surface area (Å²) < 4.78 is 84.1. The van der Waals surface area contributed by atoms with Gasteiger partial charge in [-0.3, -0.25) is 0 Å². The maximum absolute atomic E-state index is 13.7. The van der Waals surface area contributed by atoms with Gasteiger partial charge in [0.15, 0.2) is 23.3 Å². The van der Waals surface area contributed by atoms with Crippen molar-refractivity contribution in [3.05, 3.63) is 34.6 Å². The van der Waals surface area contributed by atoms with Crippen LogP contribution in [0.15, 0.2) is 0 Å². The van der Waals surface area contributed by atoms with Gasteiger partial charge in [-0.1, -0.05) is 90.4 Å². The summed E-state index contributed by atoms with van der Waals surface area (Å²) in [5.41, 5.74) is -0.717. The summed E-state index contributed by atoms with van der Waals surface area (Å²) in [5, 5.41) is 0. The first-order chi connectivity index (χ1) is 17.8. The molecular weight excluding hydrogens is 491 g/mol. The van der Waals surface area contributed by atoms with E-state index in [4.69, 9.17) is 14.2 Å². The zero-order valence-corrected chi connectivity index (χ0v) is 23.2. The molecule has 0 bridgehead atoms. The third kappa shape index (κ3) is 10.8. The first-order valence-electron chi connectivity index (χ1n) is 13.9. The van der Waals surface area contributed by atoms with Gasteiger partial charge in [-0.15, -0.1) is 0 Å². The van der Waals surface area contributed by atoms with Gasteiger partial charge in [0.05, 0.1) is 0 Å². The smallest absolute Gasteiger partial charge is 0.285 e. The highest BCUT2D eigenvalue weighted by Gasteiger charge is 2.39. The maximum atomic E-state index is 13.7. The molecular formula is C29H47F5O3. The molecule has 0 amide bonds. The summed E-state index contributed by atoms with van der Waals surface area (Å²) in [6, 6.07) is 0. The lowest BCUT2D eigenvalue weighted by Gasteiger charge is -2.36. The van der Waals surface area contributed by atoms with Crippen molar-refractivity contribution in [3.8, 4) is 0 Å². The highest BCUT2D eigenvalue weighted by molar-refractivity contribution is 5.24. The summed E-state index contributed by atoms with van der Waals surface area (Å²) in [5.74, 6) is -10.1. The van der Waals surface area contributed by atoms with Crippen molar-refractivity contribution < 1.29 is 36.2 Å². The number of hydrogen-bond donors (Lipinski definition) is 0. The number of halogens is 5. The highest BCUT2D eigenvalue weighted by atomic mass is 19.2. The van der Waals surface area contributed by atoms with Gasteiger partial charge in [-0.25, -0.2) is 22.0 Å². The molecule has 1 unspecified atom stereocenters. The van der Waals surface area contributed by atoms with Crippen LogP contribution in [0, 0.1) is 35.0 Å². The van der Waals surface area contributed by atoms with Crippen molar-refractivity contribution in [2.45, 2.75) is 122 Å². The van der Waals surface area contributed by atoms with Crippen LogP contribution in [0.25, 0.3) is 0 Å². The van der Waals surface area contributed by atoms with Crippen molar-refractivity contribution in [3.63, 3.8) is 0 Å². The molecule has 1 rings (SSSR count). The van der Waals surface area contributed by atoms with Crippen LogP contribution in [0.3, 0.4) is 0 Å². The largest absolute Gasteiger partial charge is 0.331 e. The van der Waals surface area contributed by atoms with E-state index in [0.717, 1.165) is 57.8 Å². The van der Waals surface area contributed by atoms with Gasteiger partial charge in [0.2, 0.25) is 5.82 Å². The quantitative estimate of drug-likeness (QED) is 0.0484. The van der Waals surface area contributed by atoms with E-state index in [-0.39, 0.29) is 12.3 Å². The minimum Gasteiger partial charge on any atom is -0.331 e. The van der Waals surface area contributed by atoms with Crippen LogP contribution in [0.1, 0.15) is 115 Å². The van der Waals surface area contributed by atoms with E-state index in [1.165, 1.54) is 32.1 Å². The number of unbranched alkanes of at least 4 members (excludes halogenated alkanes) is 12. The zero-order valence-electron chi connectivity index (χ0n) is 23.2. The van der Waals surface area contributed by atoms with E-state index in [0.29, 0.717) is 12.8 Å². The molecule has 0 aliphatic heterocycles. The average Bonchev–Trinajstić information content (AvgIpc) is 2.91. The van der Waals surface area contributed by atoms with Crippen LogP contribution in [0.4, 0.5) is 22.0 Å². The monoisotopic (exact) mass is 538 g/mol. The van der Waals surface area contributed by atoms with E-state index in [1.54, 1.807) is 21.3 Å². The molecule has 8 heteroatoms. The van der Waals surface area contributed by atoms with E-state index in [2.05, 4.69) is 6.92 Å². The topological polar surface area (TPSA) is 27.7 Å². The summed E-state index contributed by atoms with van der Waals surface area (Å²) in [6.07, 6.45) is 16.3. The molecule has 0 aromatic heterocycles. The Balaban J connectivity index is 2.30. The summed E-state index contributed by atoms with van der Waals surface area (Å²) in [7, 11) is 4.85. The van der Waals surface area contributed by atoms with E-state index in [1.807, 2.05) is 0 Å². The number of hydrogen-bond acceptors (Lipinski definition) is 3. The lowest BCUT2D eigenvalue weighted by molar-refractivity contribution is -0.380. The average molecular weight is 539 g/mol. The first-order valence-corrected chi connectivity index (χ1v) is 13.9. The maximum Gasteiger partial charge on any atom is 0.285 e. The lowest BCUT2D eigenvalue weighted by atomic mass is 9.91. The van der Waals surface area contributed by atoms with Crippen molar-refractivity contribution in [2.24, 2.45) is 5.92 Å². The summed E-state index contributed by atoms with van der Waals surface area (Å²) in [6.45, 7) is 2.22. The van der Waals surface area contributed by atoms with Gasteiger partial charge in [-0.05, 0) is 25.7 Å². The highest BCUT2D eigenvalue weighted by Crippen LogP contribution is 2.33. The molecule has 216 valence electrons. The molecule has 3 nitrogen and oxygen atoms in total. The third-order valence-corrected chi connectivity index (χ3v) is 7.29. The molecule has 1 aromatic carbocycles. The number of benzene rings is 1. The zero-order chi connectivity index (χ0) is 27.7. The Bertz CT molecular complexity index is 718. The minimum atomic E-state index is -2.11. The molecule has 0 saturated heterocycles. The summed E-state index contributed by atoms with van der Waals surface area (Å²) >= 11 is 0. The van der Waals surface area contributed by atoms with Gasteiger partial charge in [0, 0.05) is 32.8 Å². The van der Waals surface area contributed by atoms with Gasteiger partial charge in [0.25, 0.3) is 5.97 Å². The molecule has 0 aliphatic rings. The normalized spacial score (nSPS) is 12.9. The van der Waals surface area contributed by atoms with Crippen LogP contribution < -0.4 is 0 Å². The minimum absolute atomic E-state index is 0.153. The first kappa shape index (κ1) is 33.8. The molecule has 37 heavy (non-hydrogen) atoms. The van der Waals surface area contributed by atoms with E-state index in [9.17, 15) is 22.0 Å². The van der Waals surface area contributed by atoms with Crippen LogP contribution in [0.5, 0.6) is 0 Å². The van der Waals surface area contributed by atoms with Gasteiger partial charge >= 0.3 is 0 Å². The number of ether oxygens (including phenoxy) is 3. The predicted octanol–water partition coefficient (Wildman–Crippen LogP) is 9.40. The molecule has 1 aromatic rings. The molecule has 0 aliphatic carbocycles. The Labute approximate surface area is 220 Å². The van der Waals surface area contributed by atoms with E-state index < -0.39 is 40.6 Å². The van der Waals surface area contributed by atoms with Gasteiger partial charge in [0.1, 0.15) is 0 Å². The van der Waals surface area contributed by atoms with E-state index >= 15 is 0 Å². The van der Waals surface area contributed by atoms with Crippen LogP contribution in [-0.2, 0) is 20.6 Å². The van der Waals surface area contributed by atoms with Crippen molar-refractivity contribution in [2.75, 3.05) is 21.3 Å². The van der Waals surface area contributed by atoms with Crippen molar-refractivity contribution in [1.82, 2.24) is 0 Å². The second kappa shape index (κ2) is 18.9. The van der Waals surface area contributed by atoms with Gasteiger partial charge in [-0.2, -0.15) is 0 Å². The Morgan fingerprint density at radius 1 is 0.514 bits per heavy atom. The molecule has 0 fully saturated rings. The fourth-order valence-electron chi connectivity index (χ4n) is 5.04. The Morgan fingerprint density at radius 3 is 1.27 bits per heavy atom. The van der Waals surface area contributed by atoms with Crippen LogP contribution in [0.2, 0.25) is 0 Å². The molecule has 0 saturated carbocycles. The fourth-order valence-corrected chi connectivity index (χ4v) is 5.04. The van der Waals surface area contributed by atoms with Crippen LogP contribution in [-0.4, -0.2) is 27.3 Å². The van der Waals surface area contributed by atoms with Gasteiger partial charge < -0.3 is 14.2 Å². The van der Waals surface area contributed by atoms with Crippen molar-refractivity contribution in [1.29, 1.82) is 0 Å². The molecule has 0 N–H and O–H groups in total. The number of methoxy groups -OCH3 is 3. The Morgan fingerprint density at radius 2 is 0.865 bits per heavy atom. The lowest BCUT2D eigenvalue weighted by Crippen LogP contribution is -2.44. The standard InChI is InChI=1S/C29H47F5O3/c1-5-6-7-8-13-16-19-22(29(35-2,36-3)37-4)20-17-14-11-9-10-12-15-18-21-23-24(30)26(32)28(34)27(33)25(23)31/h22H,5-21H2,1-4H3. The third-order valence-electron chi connectivity index (χ3n) is 7.29. The molecule has 0 heterocycles. The summed E-state index contributed by atoms with van der Waals surface area (Å²) in [4.78, 5) is 0. The second-order valence-corrected chi connectivity index (χ2v) is 9.88.